The van der Waals surface area contributed by atoms with E-state index in [0.717, 1.165) is 5.56 Å². The summed E-state index contributed by atoms with van der Waals surface area (Å²) in [6.45, 7) is 7.43. The Labute approximate surface area is 226 Å². The molecule has 0 saturated carbocycles. The lowest BCUT2D eigenvalue weighted by atomic mass is 10.0. The Morgan fingerprint density at radius 3 is 2.51 bits per heavy atom. The molecular formula is C28H25N3O7S. The smallest absolute Gasteiger partial charge is 0.339 e. The number of carbonyl (C=O) groups excluding carboxylic acids is 1. The van der Waals surface area contributed by atoms with E-state index in [1.165, 1.54) is 48.5 Å². The predicted octanol–water partition coefficient (Wildman–Crippen LogP) is 5.34. The molecule has 0 fully saturated rings. The molecule has 1 amide bonds. The summed E-state index contributed by atoms with van der Waals surface area (Å²) in [4.78, 5) is 23.1. The SMILES string of the molecule is C=CCc1cc(/C=C(\C#N)C(=O)Nc2cccc([N+](=O)[O-])c2)cc(OCC)c1OS(=O)(=O)c1ccc(C)cc1. The zero-order valence-corrected chi connectivity index (χ0v) is 22.0. The molecule has 11 heteroatoms. The van der Waals surface area contributed by atoms with Crippen molar-refractivity contribution in [3.05, 3.63) is 106 Å². The molecule has 3 aromatic carbocycles. The van der Waals surface area contributed by atoms with Crippen molar-refractivity contribution in [1.29, 1.82) is 5.26 Å². The molecule has 0 unspecified atom stereocenters. The van der Waals surface area contributed by atoms with Gasteiger partial charge in [0.05, 0.1) is 11.5 Å². The first kappa shape index (κ1) is 28.6. The maximum atomic E-state index is 13.0. The van der Waals surface area contributed by atoms with Crippen molar-refractivity contribution in [2.75, 3.05) is 11.9 Å². The van der Waals surface area contributed by atoms with Crippen LogP contribution in [0.2, 0.25) is 0 Å². The van der Waals surface area contributed by atoms with Gasteiger partial charge in [-0.1, -0.05) is 29.8 Å². The van der Waals surface area contributed by atoms with E-state index in [2.05, 4.69) is 11.9 Å². The number of allylic oxidation sites excluding steroid dienone is 1. The predicted molar refractivity (Wildman–Crippen MR) is 146 cm³/mol. The standard InChI is InChI=1S/C28H25N3O7S/c1-4-7-21-14-20(15-22(18-29)28(32)30-23-8-6-9-24(17-23)31(33)34)16-26(37-5-2)27(21)38-39(35,36)25-12-10-19(3)11-13-25/h4,6,8-17H,1,5,7H2,2-3H3,(H,30,32)/b22-15+. The summed E-state index contributed by atoms with van der Waals surface area (Å²) in [6.07, 6.45) is 3.03. The number of nitrogens with zero attached hydrogens (tertiary/aromatic N) is 2. The normalized spacial score (nSPS) is 11.3. The molecule has 0 aliphatic heterocycles. The van der Waals surface area contributed by atoms with E-state index in [1.54, 1.807) is 31.2 Å². The summed E-state index contributed by atoms with van der Waals surface area (Å²) in [5.41, 5.74) is 1.27. The number of non-ortho nitro benzene ring substituents is 1. The fourth-order valence-corrected chi connectivity index (χ4v) is 4.48. The molecule has 0 heterocycles. The van der Waals surface area contributed by atoms with Crippen LogP contribution in [-0.4, -0.2) is 25.9 Å². The number of nitro benzene ring substituents is 1. The topological polar surface area (TPSA) is 149 Å². The van der Waals surface area contributed by atoms with Crippen LogP contribution in [0.15, 0.2) is 83.8 Å². The molecule has 0 saturated heterocycles. The summed E-state index contributed by atoms with van der Waals surface area (Å²) >= 11 is 0. The van der Waals surface area contributed by atoms with Crippen molar-refractivity contribution in [3.63, 3.8) is 0 Å². The maximum Gasteiger partial charge on any atom is 0.339 e. The molecule has 1 N–H and O–H groups in total. The Bertz CT molecular complexity index is 1590. The van der Waals surface area contributed by atoms with Crippen LogP contribution in [0.25, 0.3) is 6.08 Å². The number of nitro groups is 1. The molecule has 10 nitrogen and oxygen atoms in total. The number of benzene rings is 3. The summed E-state index contributed by atoms with van der Waals surface area (Å²) in [6, 6.07) is 16.3. The Morgan fingerprint density at radius 2 is 1.90 bits per heavy atom. The Kier molecular flexibility index (Phi) is 9.20. The maximum absolute atomic E-state index is 13.0. The molecule has 200 valence electrons. The van der Waals surface area contributed by atoms with Gasteiger partial charge in [-0.25, -0.2) is 0 Å². The molecule has 0 aliphatic rings. The average molecular weight is 548 g/mol. The second-order valence-corrected chi connectivity index (χ2v) is 9.76. The highest BCUT2D eigenvalue weighted by Crippen LogP contribution is 2.37. The molecule has 0 aromatic heterocycles. The van der Waals surface area contributed by atoms with Gasteiger partial charge in [0.15, 0.2) is 11.5 Å². The van der Waals surface area contributed by atoms with Crippen LogP contribution < -0.4 is 14.2 Å². The fourth-order valence-electron chi connectivity index (χ4n) is 3.51. The average Bonchev–Trinajstić information content (AvgIpc) is 2.89. The van der Waals surface area contributed by atoms with Gasteiger partial charge in [0.25, 0.3) is 11.6 Å². The number of nitrogens with one attached hydrogen (secondary N) is 1. The molecule has 0 spiro atoms. The minimum atomic E-state index is -4.20. The van der Waals surface area contributed by atoms with Gasteiger partial charge in [-0.05, 0) is 62.2 Å². The number of aryl methyl sites for hydroxylation is 1. The van der Waals surface area contributed by atoms with E-state index in [4.69, 9.17) is 8.92 Å². The van der Waals surface area contributed by atoms with Crippen molar-refractivity contribution in [1.82, 2.24) is 0 Å². The zero-order valence-electron chi connectivity index (χ0n) is 21.2. The fraction of sp³-hybridized carbons (Fsp3) is 0.143. The third kappa shape index (κ3) is 7.30. The number of hydrogen-bond donors (Lipinski definition) is 1. The van der Waals surface area contributed by atoms with Gasteiger partial charge in [-0.15, -0.1) is 6.58 Å². The van der Waals surface area contributed by atoms with Gasteiger partial charge in [0, 0.05) is 23.4 Å². The number of rotatable bonds is 11. The van der Waals surface area contributed by atoms with E-state index < -0.39 is 20.9 Å². The first-order chi connectivity index (χ1) is 18.6. The molecule has 0 radical (unpaired) electrons. The molecule has 0 atom stereocenters. The van der Waals surface area contributed by atoms with Crippen LogP contribution in [0.4, 0.5) is 11.4 Å². The summed E-state index contributed by atoms with van der Waals surface area (Å²) < 4.78 is 37.2. The highest BCUT2D eigenvalue weighted by Gasteiger charge is 2.23. The van der Waals surface area contributed by atoms with Crippen molar-refractivity contribution in [2.24, 2.45) is 0 Å². The molecule has 3 rings (SSSR count). The third-order valence-electron chi connectivity index (χ3n) is 5.31. The third-order valence-corrected chi connectivity index (χ3v) is 6.55. The van der Waals surface area contributed by atoms with E-state index >= 15 is 0 Å². The number of amides is 1. The zero-order chi connectivity index (χ0) is 28.6. The van der Waals surface area contributed by atoms with Gasteiger partial charge >= 0.3 is 10.1 Å². The molecule has 3 aromatic rings. The Balaban J connectivity index is 2.01. The Hall–Kier alpha value is -4.95. The number of hydrogen-bond acceptors (Lipinski definition) is 8. The number of ether oxygens (including phenoxy) is 1. The van der Waals surface area contributed by atoms with Gasteiger partial charge in [-0.3, -0.25) is 14.9 Å². The van der Waals surface area contributed by atoms with E-state index in [1.807, 2.05) is 13.0 Å². The minimum Gasteiger partial charge on any atom is -0.490 e. The molecule has 0 bridgehead atoms. The van der Waals surface area contributed by atoms with Crippen molar-refractivity contribution in [3.8, 4) is 17.6 Å². The quantitative estimate of drug-likeness (QED) is 0.0844. The number of anilines is 1. The second kappa shape index (κ2) is 12.5. The van der Waals surface area contributed by atoms with Gasteiger partial charge in [0.2, 0.25) is 0 Å². The van der Waals surface area contributed by atoms with Crippen LogP contribution in [0.1, 0.15) is 23.6 Å². The van der Waals surface area contributed by atoms with Crippen LogP contribution in [0.5, 0.6) is 11.5 Å². The second-order valence-electron chi connectivity index (χ2n) is 8.21. The van der Waals surface area contributed by atoms with Crippen molar-refractivity contribution >= 4 is 33.5 Å². The highest BCUT2D eigenvalue weighted by molar-refractivity contribution is 7.87. The lowest BCUT2D eigenvalue weighted by Crippen LogP contribution is -2.14. The summed E-state index contributed by atoms with van der Waals surface area (Å²) in [7, 11) is -4.20. The van der Waals surface area contributed by atoms with E-state index in [0.29, 0.717) is 11.1 Å². The van der Waals surface area contributed by atoms with Crippen LogP contribution in [-0.2, 0) is 21.3 Å². The number of nitriles is 1. The van der Waals surface area contributed by atoms with E-state index in [9.17, 15) is 28.6 Å². The summed E-state index contributed by atoms with van der Waals surface area (Å²) in [5.74, 6) is -0.729. The van der Waals surface area contributed by atoms with Crippen molar-refractivity contribution < 1.29 is 27.1 Å². The van der Waals surface area contributed by atoms with Gasteiger partial charge < -0.3 is 14.2 Å². The number of carbonyl (C=O) groups is 1. The van der Waals surface area contributed by atoms with Gasteiger partial charge in [-0.2, -0.15) is 13.7 Å². The first-order valence-corrected chi connectivity index (χ1v) is 13.1. The van der Waals surface area contributed by atoms with E-state index in [-0.39, 0.29) is 46.4 Å². The first-order valence-electron chi connectivity index (χ1n) is 11.7. The highest BCUT2D eigenvalue weighted by atomic mass is 32.2. The lowest BCUT2D eigenvalue weighted by molar-refractivity contribution is -0.384. The monoisotopic (exact) mass is 547 g/mol. The minimum absolute atomic E-state index is 0.0333. The van der Waals surface area contributed by atoms with Crippen LogP contribution in [0, 0.1) is 28.4 Å². The Morgan fingerprint density at radius 1 is 1.18 bits per heavy atom. The molecule has 0 aliphatic carbocycles. The largest absolute Gasteiger partial charge is 0.490 e. The lowest BCUT2D eigenvalue weighted by Gasteiger charge is -2.16. The molecular weight excluding hydrogens is 522 g/mol. The molecule has 39 heavy (non-hydrogen) atoms. The summed E-state index contributed by atoms with van der Waals surface area (Å²) in [5, 5.41) is 23.1. The van der Waals surface area contributed by atoms with Gasteiger partial charge in [0.1, 0.15) is 16.5 Å². The van der Waals surface area contributed by atoms with Crippen LogP contribution in [0.3, 0.4) is 0 Å². The van der Waals surface area contributed by atoms with Crippen molar-refractivity contribution in [2.45, 2.75) is 25.2 Å². The van der Waals surface area contributed by atoms with Crippen LogP contribution >= 0.6 is 0 Å².